The number of aromatic nitrogens is 2. The molecule has 0 bridgehead atoms. The summed E-state index contributed by atoms with van der Waals surface area (Å²) in [6.07, 6.45) is 5.42. The molecular weight excluding hydrogens is 202 g/mol. The summed E-state index contributed by atoms with van der Waals surface area (Å²) in [6, 6.07) is 0. The van der Waals surface area contributed by atoms with E-state index in [0.717, 1.165) is 26.0 Å². The van der Waals surface area contributed by atoms with Crippen LogP contribution in [-0.4, -0.2) is 37.6 Å². The van der Waals surface area contributed by atoms with E-state index in [4.69, 9.17) is 4.74 Å². The summed E-state index contributed by atoms with van der Waals surface area (Å²) in [5.74, 6) is 1.21. The molecule has 0 aliphatic rings. The fourth-order valence-electron chi connectivity index (χ4n) is 1.90. The minimum Gasteiger partial charge on any atom is -0.385 e. The topological polar surface area (TPSA) is 30.3 Å². The number of hydrogen-bond acceptors (Lipinski definition) is 3. The molecule has 0 saturated carbocycles. The average molecular weight is 225 g/mol. The molecule has 1 aromatic rings. The highest BCUT2D eigenvalue weighted by Gasteiger charge is 2.08. The molecule has 0 unspecified atom stereocenters. The van der Waals surface area contributed by atoms with E-state index in [0.29, 0.717) is 0 Å². The van der Waals surface area contributed by atoms with E-state index in [9.17, 15) is 0 Å². The molecule has 0 aromatic carbocycles. The van der Waals surface area contributed by atoms with Crippen LogP contribution in [0.15, 0.2) is 6.20 Å². The monoisotopic (exact) mass is 225 g/mol. The minimum atomic E-state index is 0.860. The number of nitrogens with zero attached hydrogens (tertiary/aromatic N) is 3. The number of aryl methyl sites for hydroxylation is 2. The van der Waals surface area contributed by atoms with Crippen LogP contribution >= 0.6 is 0 Å². The summed E-state index contributed by atoms with van der Waals surface area (Å²) in [4.78, 5) is 2.12. The zero-order valence-electron chi connectivity index (χ0n) is 10.9. The molecule has 0 aliphatic carbocycles. The Bertz CT molecular complexity index is 307. The van der Waals surface area contributed by atoms with Gasteiger partial charge in [0.05, 0.1) is 6.20 Å². The van der Waals surface area contributed by atoms with Crippen LogP contribution in [0.25, 0.3) is 0 Å². The molecule has 0 amide bonds. The third-order valence-electron chi connectivity index (χ3n) is 2.63. The Labute approximate surface area is 98.2 Å². The summed E-state index contributed by atoms with van der Waals surface area (Å²) >= 11 is 0. The molecule has 92 valence electrons. The fraction of sp³-hybridized carbons (Fsp3) is 0.750. The van der Waals surface area contributed by atoms with E-state index in [1.165, 1.54) is 17.8 Å². The number of ether oxygens (including phenoxy) is 1. The molecule has 16 heavy (non-hydrogen) atoms. The van der Waals surface area contributed by atoms with Gasteiger partial charge in [0.15, 0.2) is 0 Å². The number of anilines is 1. The van der Waals surface area contributed by atoms with Crippen molar-refractivity contribution in [2.45, 2.75) is 32.7 Å². The first-order chi connectivity index (χ1) is 7.66. The molecule has 1 aromatic heterocycles. The highest BCUT2D eigenvalue weighted by molar-refractivity contribution is 5.44. The van der Waals surface area contributed by atoms with Crippen LogP contribution < -0.4 is 4.90 Å². The van der Waals surface area contributed by atoms with Crippen molar-refractivity contribution < 1.29 is 4.74 Å². The maximum Gasteiger partial charge on any atom is 0.129 e. The van der Waals surface area contributed by atoms with E-state index in [-0.39, 0.29) is 0 Å². The Morgan fingerprint density at radius 3 is 2.69 bits per heavy atom. The van der Waals surface area contributed by atoms with Gasteiger partial charge in [-0.1, -0.05) is 0 Å². The van der Waals surface area contributed by atoms with Crippen molar-refractivity contribution in [2.75, 3.05) is 32.7 Å². The zero-order valence-corrected chi connectivity index (χ0v) is 10.9. The summed E-state index contributed by atoms with van der Waals surface area (Å²) in [5, 5.41) is 4.40. The largest absolute Gasteiger partial charge is 0.385 e. The van der Waals surface area contributed by atoms with Gasteiger partial charge in [-0.15, -0.1) is 0 Å². The zero-order chi connectivity index (χ0) is 12.0. The lowest BCUT2D eigenvalue weighted by Gasteiger charge is -2.16. The van der Waals surface area contributed by atoms with Gasteiger partial charge in [-0.2, -0.15) is 5.10 Å². The molecule has 0 aliphatic heterocycles. The van der Waals surface area contributed by atoms with Crippen molar-refractivity contribution in [2.24, 2.45) is 0 Å². The third-order valence-corrected chi connectivity index (χ3v) is 2.63. The number of rotatable bonds is 7. The van der Waals surface area contributed by atoms with Crippen LogP contribution in [0, 0.1) is 6.92 Å². The Kier molecular flexibility index (Phi) is 5.32. The van der Waals surface area contributed by atoms with Gasteiger partial charge in [0.1, 0.15) is 5.82 Å². The van der Waals surface area contributed by atoms with Gasteiger partial charge in [0, 0.05) is 39.9 Å². The van der Waals surface area contributed by atoms with Crippen molar-refractivity contribution >= 4 is 5.82 Å². The normalized spacial score (nSPS) is 10.8. The fourth-order valence-corrected chi connectivity index (χ4v) is 1.90. The second-order valence-electron chi connectivity index (χ2n) is 4.32. The van der Waals surface area contributed by atoms with Gasteiger partial charge >= 0.3 is 0 Å². The molecule has 0 atom stereocenters. The van der Waals surface area contributed by atoms with Crippen molar-refractivity contribution in [1.82, 2.24) is 9.78 Å². The molecule has 4 nitrogen and oxygen atoms in total. The first-order valence-corrected chi connectivity index (χ1v) is 5.85. The maximum atomic E-state index is 5.03. The lowest BCUT2D eigenvalue weighted by molar-refractivity contribution is 0.191. The molecule has 1 rings (SSSR count). The SMILES string of the molecule is COCCCCCn1ncc(C)c1N(C)C. The average Bonchev–Trinajstić information content (AvgIpc) is 2.59. The lowest BCUT2D eigenvalue weighted by atomic mass is 10.2. The van der Waals surface area contributed by atoms with Gasteiger partial charge < -0.3 is 9.64 Å². The first kappa shape index (κ1) is 13.0. The Morgan fingerprint density at radius 2 is 2.06 bits per heavy atom. The number of methoxy groups -OCH3 is 1. The number of unbranched alkanes of at least 4 members (excludes halogenated alkanes) is 2. The van der Waals surface area contributed by atoms with Gasteiger partial charge in [0.25, 0.3) is 0 Å². The second-order valence-corrected chi connectivity index (χ2v) is 4.32. The van der Waals surface area contributed by atoms with Crippen LogP contribution in [0.4, 0.5) is 5.82 Å². The molecule has 1 heterocycles. The second kappa shape index (κ2) is 6.53. The Hall–Kier alpha value is -1.03. The van der Waals surface area contributed by atoms with Crippen LogP contribution in [-0.2, 0) is 11.3 Å². The van der Waals surface area contributed by atoms with Gasteiger partial charge in [0.2, 0.25) is 0 Å². The van der Waals surface area contributed by atoms with Crippen LogP contribution in [0.3, 0.4) is 0 Å². The van der Waals surface area contributed by atoms with E-state index in [2.05, 4.69) is 35.7 Å². The molecule has 0 radical (unpaired) electrons. The van der Waals surface area contributed by atoms with E-state index in [1.807, 2.05) is 6.20 Å². The van der Waals surface area contributed by atoms with Crippen molar-refractivity contribution in [3.05, 3.63) is 11.8 Å². The predicted octanol–water partition coefficient (Wildman–Crippen LogP) is 2.07. The lowest BCUT2D eigenvalue weighted by Crippen LogP contribution is -2.16. The van der Waals surface area contributed by atoms with Gasteiger partial charge in [-0.25, -0.2) is 4.68 Å². The van der Waals surface area contributed by atoms with Crippen molar-refractivity contribution in [1.29, 1.82) is 0 Å². The van der Waals surface area contributed by atoms with E-state index >= 15 is 0 Å². The highest BCUT2D eigenvalue weighted by Crippen LogP contribution is 2.17. The minimum absolute atomic E-state index is 0.860. The number of hydrogen-bond donors (Lipinski definition) is 0. The van der Waals surface area contributed by atoms with Crippen LogP contribution in [0.1, 0.15) is 24.8 Å². The van der Waals surface area contributed by atoms with Crippen LogP contribution in [0.5, 0.6) is 0 Å². The van der Waals surface area contributed by atoms with Crippen molar-refractivity contribution in [3.63, 3.8) is 0 Å². The molecule has 0 spiro atoms. The summed E-state index contributed by atoms with van der Waals surface area (Å²) in [7, 11) is 5.87. The smallest absolute Gasteiger partial charge is 0.129 e. The molecule has 4 heteroatoms. The summed E-state index contributed by atoms with van der Waals surface area (Å²) in [6.45, 7) is 3.95. The van der Waals surface area contributed by atoms with Crippen molar-refractivity contribution in [3.8, 4) is 0 Å². The van der Waals surface area contributed by atoms with E-state index in [1.54, 1.807) is 7.11 Å². The summed E-state index contributed by atoms with van der Waals surface area (Å²) in [5.41, 5.74) is 1.24. The highest BCUT2D eigenvalue weighted by atomic mass is 16.5. The standard InChI is InChI=1S/C12H23N3O/c1-11-10-13-15(12(11)14(2)3)8-6-5-7-9-16-4/h10H,5-9H2,1-4H3. The van der Waals surface area contributed by atoms with Gasteiger partial charge in [-0.05, 0) is 26.2 Å². The molecule has 0 fully saturated rings. The maximum absolute atomic E-state index is 5.03. The predicted molar refractivity (Wildman–Crippen MR) is 67.0 cm³/mol. The summed E-state index contributed by atoms with van der Waals surface area (Å²) < 4.78 is 7.11. The molecule has 0 N–H and O–H groups in total. The first-order valence-electron chi connectivity index (χ1n) is 5.85. The molecule has 0 saturated heterocycles. The Morgan fingerprint density at radius 1 is 1.31 bits per heavy atom. The van der Waals surface area contributed by atoms with E-state index < -0.39 is 0 Å². The molecular formula is C12H23N3O. The van der Waals surface area contributed by atoms with Gasteiger partial charge in [-0.3, -0.25) is 0 Å². The quantitative estimate of drug-likeness (QED) is 0.666. The Balaban J connectivity index is 2.41. The third kappa shape index (κ3) is 3.52. The van der Waals surface area contributed by atoms with Crippen LogP contribution in [0.2, 0.25) is 0 Å².